The minimum atomic E-state index is -1.05. The summed E-state index contributed by atoms with van der Waals surface area (Å²) in [5, 5.41) is 8.26. The van der Waals surface area contributed by atoms with Crippen molar-refractivity contribution >= 4 is 34.6 Å². The lowest BCUT2D eigenvalue weighted by Gasteiger charge is -2.10. The van der Waals surface area contributed by atoms with Crippen LogP contribution in [0.3, 0.4) is 0 Å². The minimum absolute atomic E-state index is 0.130. The van der Waals surface area contributed by atoms with Gasteiger partial charge >= 0.3 is 0 Å². The second kappa shape index (κ2) is 8.26. The van der Waals surface area contributed by atoms with Crippen molar-refractivity contribution in [1.82, 2.24) is 4.98 Å². The number of nitrogens with one attached hydrogen (secondary N) is 3. The Morgan fingerprint density at radius 2 is 1.57 bits per heavy atom. The van der Waals surface area contributed by atoms with Gasteiger partial charge in [0, 0.05) is 36.2 Å². The molecular formula is C20H16F2N4O2. The number of aromatic nitrogens is 1. The second-order valence-corrected chi connectivity index (χ2v) is 5.93. The number of benzene rings is 2. The SMILES string of the molecule is CC(=O)Nc1cccc(Nc2cncc(C(=O)Nc3ccc(F)c(F)c3)c2)c1. The van der Waals surface area contributed by atoms with Crippen molar-refractivity contribution in [2.24, 2.45) is 0 Å². The standard InChI is InChI=1S/C20H16F2N4O2/c1-12(27)24-14-3-2-4-15(8-14)25-17-7-13(10-23-11-17)20(28)26-16-5-6-18(21)19(22)9-16/h2-11,25H,1H3,(H,24,27)(H,26,28). The van der Waals surface area contributed by atoms with Crippen LogP contribution in [-0.4, -0.2) is 16.8 Å². The number of carbonyl (C=O) groups is 2. The first kappa shape index (κ1) is 19.0. The summed E-state index contributed by atoms with van der Waals surface area (Å²) in [5.74, 6) is -2.75. The van der Waals surface area contributed by atoms with Crippen LogP contribution in [0.2, 0.25) is 0 Å². The molecule has 1 aromatic heterocycles. The number of pyridine rings is 1. The molecule has 3 rings (SSSR count). The zero-order valence-electron chi connectivity index (χ0n) is 14.8. The van der Waals surface area contributed by atoms with Crippen LogP contribution in [0, 0.1) is 11.6 Å². The monoisotopic (exact) mass is 382 g/mol. The maximum atomic E-state index is 13.3. The Bertz CT molecular complexity index is 1040. The normalized spacial score (nSPS) is 10.2. The lowest BCUT2D eigenvalue weighted by atomic mass is 10.2. The molecule has 0 fully saturated rings. The molecule has 0 atom stereocenters. The van der Waals surface area contributed by atoms with E-state index in [-0.39, 0.29) is 17.2 Å². The van der Waals surface area contributed by atoms with Crippen LogP contribution in [0.1, 0.15) is 17.3 Å². The summed E-state index contributed by atoms with van der Waals surface area (Å²) in [6.07, 6.45) is 2.88. The van der Waals surface area contributed by atoms with Gasteiger partial charge in [0.25, 0.3) is 5.91 Å². The van der Waals surface area contributed by atoms with Crippen molar-refractivity contribution in [3.63, 3.8) is 0 Å². The van der Waals surface area contributed by atoms with E-state index in [1.54, 1.807) is 30.3 Å². The predicted molar refractivity (Wildman–Crippen MR) is 103 cm³/mol. The summed E-state index contributed by atoms with van der Waals surface area (Å²) < 4.78 is 26.3. The lowest BCUT2D eigenvalue weighted by molar-refractivity contribution is -0.114. The third-order valence-corrected chi connectivity index (χ3v) is 3.65. The molecule has 0 radical (unpaired) electrons. The highest BCUT2D eigenvalue weighted by atomic mass is 19.2. The molecule has 3 N–H and O–H groups in total. The number of amides is 2. The molecule has 3 aromatic rings. The fourth-order valence-electron chi connectivity index (χ4n) is 2.45. The van der Waals surface area contributed by atoms with E-state index >= 15 is 0 Å². The molecule has 0 aliphatic rings. The largest absolute Gasteiger partial charge is 0.354 e. The molecule has 0 unspecified atom stereocenters. The van der Waals surface area contributed by atoms with Crippen molar-refractivity contribution in [1.29, 1.82) is 0 Å². The number of hydrogen-bond acceptors (Lipinski definition) is 4. The van der Waals surface area contributed by atoms with Crippen LogP contribution < -0.4 is 16.0 Å². The number of rotatable bonds is 5. The van der Waals surface area contributed by atoms with E-state index in [0.717, 1.165) is 12.1 Å². The van der Waals surface area contributed by atoms with E-state index in [0.29, 0.717) is 17.1 Å². The van der Waals surface area contributed by atoms with Gasteiger partial charge in [-0.1, -0.05) is 6.07 Å². The molecule has 0 saturated carbocycles. The number of carbonyl (C=O) groups excluding carboxylic acids is 2. The number of hydrogen-bond donors (Lipinski definition) is 3. The highest BCUT2D eigenvalue weighted by Crippen LogP contribution is 2.21. The van der Waals surface area contributed by atoms with Crippen molar-refractivity contribution in [2.75, 3.05) is 16.0 Å². The third-order valence-electron chi connectivity index (χ3n) is 3.65. The molecule has 0 spiro atoms. The van der Waals surface area contributed by atoms with Gasteiger partial charge in [-0.2, -0.15) is 0 Å². The van der Waals surface area contributed by atoms with Gasteiger partial charge in [-0.15, -0.1) is 0 Å². The van der Waals surface area contributed by atoms with Crippen molar-refractivity contribution in [3.8, 4) is 0 Å². The fourth-order valence-corrected chi connectivity index (χ4v) is 2.45. The van der Waals surface area contributed by atoms with Gasteiger partial charge in [0.15, 0.2) is 11.6 Å². The average Bonchev–Trinajstić information content (AvgIpc) is 2.65. The maximum Gasteiger partial charge on any atom is 0.257 e. The van der Waals surface area contributed by atoms with Gasteiger partial charge in [-0.05, 0) is 36.4 Å². The first-order valence-corrected chi connectivity index (χ1v) is 8.27. The van der Waals surface area contributed by atoms with Gasteiger partial charge in [0.2, 0.25) is 5.91 Å². The van der Waals surface area contributed by atoms with Gasteiger partial charge in [0.05, 0.1) is 17.4 Å². The highest BCUT2D eigenvalue weighted by molar-refractivity contribution is 6.04. The summed E-state index contributed by atoms with van der Waals surface area (Å²) >= 11 is 0. The Labute approximate surface area is 159 Å². The number of halogens is 2. The smallest absolute Gasteiger partial charge is 0.257 e. The lowest BCUT2D eigenvalue weighted by Crippen LogP contribution is -2.13. The van der Waals surface area contributed by atoms with Crippen molar-refractivity contribution in [2.45, 2.75) is 6.92 Å². The summed E-state index contributed by atoms with van der Waals surface area (Å²) in [4.78, 5) is 27.5. The Kier molecular flexibility index (Phi) is 5.59. The zero-order valence-corrected chi connectivity index (χ0v) is 14.8. The zero-order chi connectivity index (χ0) is 20.1. The van der Waals surface area contributed by atoms with E-state index in [4.69, 9.17) is 0 Å². The van der Waals surface area contributed by atoms with Gasteiger partial charge < -0.3 is 16.0 Å². The first-order valence-electron chi connectivity index (χ1n) is 8.27. The quantitative estimate of drug-likeness (QED) is 0.614. The van der Waals surface area contributed by atoms with Crippen LogP contribution in [0.5, 0.6) is 0 Å². The Morgan fingerprint density at radius 3 is 2.32 bits per heavy atom. The summed E-state index contributed by atoms with van der Waals surface area (Å²) in [5.41, 5.74) is 2.21. The van der Waals surface area contributed by atoms with Gasteiger partial charge in [-0.25, -0.2) is 8.78 Å². The number of nitrogens with zero attached hydrogens (tertiary/aromatic N) is 1. The molecule has 0 aliphatic carbocycles. The second-order valence-electron chi connectivity index (χ2n) is 5.93. The van der Waals surface area contributed by atoms with E-state index < -0.39 is 17.5 Å². The van der Waals surface area contributed by atoms with E-state index in [2.05, 4.69) is 20.9 Å². The topological polar surface area (TPSA) is 83.1 Å². The number of anilines is 4. The van der Waals surface area contributed by atoms with Gasteiger partial charge in [-0.3, -0.25) is 14.6 Å². The van der Waals surface area contributed by atoms with Crippen LogP contribution >= 0.6 is 0 Å². The third kappa shape index (κ3) is 4.88. The molecule has 8 heteroatoms. The predicted octanol–water partition coefficient (Wildman–Crippen LogP) is 4.31. The van der Waals surface area contributed by atoms with Crippen LogP contribution in [-0.2, 0) is 4.79 Å². The summed E-state index contributed by atoms with van der Waals surface area (Å²) in [6.45, 7) is 1.42. The summed E-state index contributed by atoms with van der Waals surface area (Å²) in [6, 6.07) is 11.7. The Balaban J connectivity index is 1.73. The fraction of sp³-hybridized carbons (Fsp3) is 0.0500. The molecule has 28 heavy (non-hydrogen) atoms. The molecule has 1 heterocycles. The van der Waals surface area contributed by atoms with E-state index in [1.165, 1.54) is 25.4 Å². The molecule has 142 valence electrons. The van der Waals surface area contributed by atoms with E-state index in [9.17, 15) is 18.4 Å². The maximum absolute atomic E-state index is 13.3. The Hall–Kier alpha value is -3.81. The molecule has 0 aliphatic heterocycles. The average molecular weight is 382 g/mol. The summed E-state index contributed by atoms with van der Waals surface area (Å²) in [7, 11) is 0. The van der Waals surface area contributed by atoms with Gasteiger partial charge in [0.1, 0.15) is 0 Å². The first-order chi connectivity index (χ1) is 13.4. The minimum Gasteiger partial charge on any atom is -0.354 e. The van der Waals surface area contributed by atoms with Crippen LogP contribution in [0.15, 0.2) is 60.9 Å². The molecule has 0 bridgehead atoms. The van der Waals surface area contributed by atoms with E-state index in [1.807, 2.05) is 0 Å². The molecule has 2 amide bonds. The molecule has 6 nitrogen and oxygen atoms in total. The highest BCUT2D eigenvalue weighted by Gasteiger charge is 2.10. The van der Waals surface area contributed by atoms with Crippen LogP contribution in [0.25, 0.3) is 0 Å². The van der Waals surface area contributed by atoms with Crippen LogP contribution in [0.4, 0.5) is 31.5 Å². The molecular weight excluding hydrogens is 366 g/mol. The van der Waals surface area contributed by atoms with Crippen molar-refractivity contribution < 1.29 is 18.4 Å². The molecule has 0 saturated heterocycles. The van der Waals surface area contributed by atoms with Crippen molar-refractivity contribution in [3.05, 3.63) is 78.1 Å². The molecule has 2 aromatic carbocycles. The Morgan fingerprint density at radius 1 is 0.821 bits per heavy atom.